The predicted octanol–water partition coefficient (Wildman–Crippen LogP) is 4.90. The number of hydrogen-bond donors (Lipinski definition) is 2. The first-order valence-corrected chi connectivity index (χ1v) is 12.3. The highest BCUT2D eigenvalue weighted by Gasteiger charge is 2.35. The minimum atomic E-state index is -0.252. The van der Waals surface area contributed by atoms with Crippen LogP contribution in [0, 0.1) is 0 Å². The maximum absolute atomic E-state index is 12.4. The molecule has 5 rings (SSSR count). The number of anilines is 1. The van der Waals surface area contributed by atoms with Crippen molar-refractivity contribution in [2.75, 3.05) is 45.3 Å². The van der Waals surface area contributed by atoms with E-state index in [4.69, 9.17) is 9.72 Å². The molecule has 0 bridgehead atoms. The van der Waals surface area contributed by atoms with E-state index in [0.29, 0.717) is 12.5 Å². The summed E-state index contributed by atoms with van der Waals surface area (Å²) < 4.78 is 18.3. The van der Waals surface area contributed by atoms with Crippen molar-refractivity contribution in [1.29, 1.82) is 0 Å². The van der Waals surface area contributed by atoms with Gasteiger partial charge in [-0.25, -0.2) is 0 Å². The van der Waals surface area contributed by atoms with Crippen molar-refractivity contribution in [1.82, 2.24) is 19.8 Å². The minimum Gasteiger partial charge on any atom is -0.495 e. The Labute approximate surface area is 200 Å². The number of methoxy groups -OCH3 is 1. The second-order valence-corrected chi connectivity index (χ2v) is 9.28. The van der Waals surface area contributed by atoms with E-state index in [2.05, 4.69) is 63.9 Å². The molecule has 0 spiro atoms. The summed E-state index contributed by atoms with van der Waals surface area (Å²) in [5.74, 6) is 0.768. The molecule has 2 aromatic heterocycles. The largest absolute Gasteiger partial charge is 0.495 e. The molecule has 2 N–H and O–H groups in total. The number of aromatic nitrogens is 2. The summed E-state index contributed by atoms with van der Waals surface area (Å²) in [5, 5.41) is 4.84. The summed E-state index contributed by atoms with van der Waals surface area (Å²) in [4.78, 5) is 13.3. The van der Waals surface area contributed by atoms with Gasteiger partial charge in [0.05, 0.1) is 31.7 Å². The predicted molar refractivity (Wildman–Crippen MR) is 135 cm³/mol. The fraction of sp³-hybridized carbons (Fsp3) is 0.444. The first-order chi connectivity index (χ1) is 16.6. The Morgan fingerprint density at radius 3 is 2.91 bits per heavy atom. The Kier molecular flexibility index (Phi) is 6.46. The molecular weight excluding hydrogens is 429 g/mol. The van der Waals surface area contributed by atoms with Crippen LogP contribution in [0.3, 0.4) is 0 Å². The molecule has 0 aliphatic carbocycles. The Morgan fingerprint density at radius 1 is 1.32 bits per heavy atom. The van der Waals surface area contributed by atoms with E-state index >= 15 is 0 Å². The molecule has 0 saturated carbocycles. The van der Waals surface area contributed by atoms with E-state index in [1.54, 1.807) is 7.11 Å². The van der Waals surface area contributed by atoms with E-state index in [-0.39, 0.29) is 12.7 Å². The van der Waals surface area contributed by atoms with Gasteiger partial charge in [0.25, 0.3) is 0 Å². The second-order valence-electron chi connectivity index (χ2n) is 9.28. The lowest BCUT2D eigenvalue weighted by molar-refractivity contribution is 0.155. The number of pyridine rings is 1. The average molecular weight is 464 g/mol. The molecule has 0 unspecified atom stereocenters. The standard InChI is InChI=1S/C27H34FN5O/c1-4-18(2)33-13-10-22-21-8-5-6-9-23(21)31-25(22)27(33)26-24(34-3)14-19(15-29-26)30-20-16-32(17-20)12-7-11-28/h5-6,8-9,14-15,20,27,30-31H,2,4,7,10-13,16-17H2,1,3H3/t27-/m0/s1. The van der Waals surface area contributed by atoms with E-state index in [0.717, 1.165) is 67.4 Å². The summed E-state index contributed by atoms with van der Waals surface area (Å²) in [6.07, 6.45) is 4.37. The van der Waals surface area contributed by atoms with Crippen LogP contribution in [-0.2, 0) is 6.42 Å². The third-order valence-corrected chi connectivity index (χ3v) is 7.15. The van der Waals surface area contributed by atoms with Crippen LogP contribution in [0.4, 0.5) is 10.1 Å². The average Bonchev–Trinajstić information content (AvgIpc) is 3.23. The molecule has 0 amide bonds. The number of likely N-dealkylation sites (tertiary alicyclic amines) is 1. The molecule has 180 valence electrons. The van der Waals surface area contributed by atoms with Crippen molar-refractivity contribution in [2.45, 2.75) is 38.3 Å². The Balaban J connectivity index is 1.45. The summed E-state index contributed by atoms with van der Waals surface area (Å²) in [7, 11) is 1.71. The quantitative estimate of drug-likeness (QED) is 0.473. The van der Waals surface area contributed by atoms with Crippen LogP contribution in [0.1, 0.15) is 42.8 Å². The van der Waals surface area contributed by atoms with Crippen LogP contribution in [0.15, 0.2) is 48.8 Å². The van der Waals surface area contributed by atoms with Gasteiger partial charge in [0, 0.05) is 54.5 Å². The fourth-order valence-corrected chi connectivity index (χ4v) is 5.33. The molecule has 2 aliphatic heterocycles. The maximum atomic E-state index is 12.4. The lowest BCUT2D eigenvalue weighted by Crippen LogP contribution is -2.54. The van der Waals surface area contributed by atoms with Crippen molar-refractivity contribution < 1.29 is 9.13 Å². The van der Waals surface area contributed by atoms with Crippen LogP contribution >= 0.6 is 0 Å². The number of nitrogens with zero attached hydrogens (tertiary/aromatic N) is 3. The number of para-hydroxylation sites is 1. The molecule has 6 nitrogen and oxygen atoms in total. The minimum absolute atomic E-state index is 0.0764. The normalized spacial score (nSPS) is 18.6. The highest BCUT2D eigenvalue weighted by Crippen LogP contribution is 2.42. The van der Waals surface area contributed by atoms with E-state index in [1.165, 1.54) is 16.6 Å². The molecule has 1 fully saturated rings. The molecule has 1 aromatic carbocycles. The number of halogens is 1. The van der Waals surface area contributed by atoms with Crippen molar-refractivity contribution in [3.05, 3.63) is 65.8 Å². The van der Waals surface area contributed by atoms with Crippen LogP contribution in [0.25, 0.3) is 10.9 Å². The summed E-state index contributed by atoms with van der Waals surface area (Å²) in [5.41, 5.74) is 6.63. The van der Waals surface area contributed by atoms with E-state index in [1.807, 2.05) is 6.20 Å². The molecule has 34 heavy (non-hydrogen) atoms. The molecule has 1 saturated heterocycles. The van der Waals surface area contributed by atoms with Gasteiger partial charge in [-0.3, -0.25) is 14.3 Å². The summed E-state index contributed by atoms with van der Waals surface area (Å²) in [6, 6.07) is 10.8. The van der Waals surface area contributed by atoms with Gasteiger partial charge >= 0.3 is 0 Å². The molecule has 4 heterocycles. The van der Waals surface area contributed by atoms with Gasteiger partial charge in [0.15, 0.2) is 0 Å². The van der Waals surface area contributed by atoms with E-state index in [9.17, 15) is 4.39 Å². The smallest absolute Gasteiger partial charge is 0.144 e. The number of allylic oxidation sites excluding steroid dienone is 1. The zero-order chi connectivity index (χ0) is 23.7. The SMILES string of the molecule is C=C(CC)N1CCc2c([nH]c3ccccc23)[C@H]1c1ncc(NC2CN(CCCF)C2)cc1OC. The Hall–Kier alpha value is -3.06. The van der Waals surface area contributed by atoms with Crippen molar-refractivity contribution in [3.63, 3.8) is 0 Å². The second kappa shape index (κ2) is 9.66. The number of hydrogen-bond acceptors (Lipinski definition) is 5. The van der Waals surface area contributed by atoms with Crippen LogP contribution in [0.5, 0.6) is 5.75 Å². The van der Waals surface area contributed by atoms with Crippen molar-refractivity contribution in [2.24, 2.45) is 0 Å². The fourth-order valence-electron chi connectivity index (χ4n) is 5.33. The lowest BCUT2D eigenvalue weighted by atomic mass is 9.93. The Bertz CT molecular complexity index is 1170. The molecule has 7 heteroatoms. The first-order valence-electron chi connectivity index (χ1n) is 12.3. The van der Waals surface area contributed by atoms with Gasteiger partial charge in [-0.15, -0.1) is 0 Å². The van der Waals surface area contributed by atoms with Gasteiger partial charge in [0.2, 0.25) is 0 Å². The van der Waals surface area contributed by atoms with Gasteiger partial charge in [0.1, 0.15) is 17.5 Å². The topological polar surface area (TPSA) is 56.4 Å². The Morgan fingerprint density at radius 2 is 2.15 bits per heavy atom. The zero-order valence-corrected chi connectivity index (χ0v) is 20.1. The number of benzene rings is 1. The summed E-state index contributed by atoms with van der Waals surface area (Å²) >= 11 is 0. The molecular formula is C27H34FN5O. The summed E-state index contributed by atoms with van der Waals surface area (Å²) in [6.45, 7) is 9.82. The zero-order valence-electron chi connectivity index (χ0n) is 20.1. The number of alkyl halides is 1. The monoisotopic (exact) mass is 463 g/mol. The van der Waals surface area contributed by atoms with Gasteiger partial charge in [-0.1, -0.05) is 31.7 Å². The highest BCUT2D eigenvalue weighted by molar-refractivity contribution is 5.85. The van der Waals surface area contributed by atoms with E-state index < -0.39 is 0 Å². The van der Waals surface area contributed by atoms with Gasteiger partial charge in [-0.2, -0.15) is 0 Å². The lowest BCUT2D eigenvalue weighted by Gasteiger charge is -2.40. The number of aromatic amines is 1. The third-order valence-electron chi connectivity index (χ3n) is 7.15. The number of H-pyrrole nitrogens is 1. The maximum Gasteiger partial charge on any atom is 0.144 e. The third kappa shape index (κ3) is 4.13. The number of nitrogens with one attached hydrogen (secondary N) is 2. The van der Waals surface area contributed by atoms with Gasteiger partial charge < -0.3 is 19.9 Å². The van der Waals surface area contributed by atoms with Crippen molar-refractivity contribution in [3.8, 4) is 5.75 Å². The first kappa shape index (κ1) is 22.7. The number of fused-ring (bicyclic) bond motifs is 3. The van der Waals surface area contributed by atoms with Crippen LogP contribution < -0.4 is 10.1 Å². The molecule has 2 aliphatic rings. The number of rotatable bonds is 9. The van der Waals surface area contributed by atoms with Crippen molar-refractivity contribution >= 4 is 16.6 Å². The molecule has 3 aromatic rings. The molecule has 0 radical (unpaired) electrons. The van der Waals surface area contributed by atoms with Crippen LogP contribution in [-0.4, -0.2) is 65.8 Å². The van der Waals surface area contributed by atoms with Gasteiger partial charge in [-0.05, 0) is 30.9 Å². The van der Waals surface area contributed by atoms with Crippen LogP contribution in [0.2, 0.25) is 0 Å². The molecule has 1 atom stereocenters. The highest BCUT2D eigenvalue weighted by atomic mass is 19.1. The number of ether oxygens (including phenoxy) is 1.